The minimum atomic E-state index is -0.728. The average molecular weight is 420 g/mol. The summed E-state index contributed by atoms with van der Waals surface area (Å²) in [6.07, 6.45) is 0. The number of ether oxygens (including phenoxy) is 2. The van der Waals surface area contributed by atoms with Crippen molar-refractivity contribution < 1.29 is 23.0 Å². The van der Waals surface area contributed by atoms with Gasteiger partial charge in [-0.15, -0.1) is 0 Å². The van der Waals surface area contributed by atoms with Crippen LogP contribution in [0.15, 0.2) is 66.7 Å². The maximum absolute atomic E-state index is 14.0. The van der Waals surface area contributed by atoms with Crippen molar-refractivity contribution in [3.05, 3.63) is 83.9 Å². The van der Waals surface area contributed by atoms with Crippen LogP contribution >= 0.6 is 0 Å². The molecule has 1 N–H and O–H groups in total. The number of fused-ring (bicyclic) bond motifs is 1. The molecule has 0 aliphatic carbocycles. The van der Waals surface area contributed by atoms with Gasteiger partial charge < -0.3 is 14.8 Å². The number of pyridine rings is 1. The number of halogens is 2. The predicted octanol–water partition coefficient (Wildman–Crippen LogP) is 5.45. The Bertz CT molecular complexity index is 1290. The number of anilines is 1. The van der Waals surface area contributed by atoms with Crippen molar-refractivity contribution in [2.45, 2.75) is 0 Å². The highest BCUT2D eigenvalue weighted by molar-refractivity contribution is 6.13. The molecule has 156 valence electrons. The van der Waals surface area contributed by atoms with Crippen LogP contribution in [0.3, 0.4) is 0 Å². The largest absolute Gasteiger partial charge is 0.493 e. The molecule has 0 saturated heterocycles. The van der Waals surface area contributed by atoms with E-state index in [0.717, 1.165) is 18.2 Å². The summed E-state index contributed by atoms with van der Waals surface area (Å²) in [6, 6.07) is 16.9. The first-order valence-corrected chi connectivity index (χ1v) is 9.38. The highest BCUT2D eigenvalue weighted by Gasteiger charge is 2.17. The summed E-state index contributed by atoms with van der Waals surface area (Å²) < 4.78 is 38.2. The Morgan fingerprint density at radius 1 is 0.903 bits per heavy atom. The third kappa shape index (κ3) is 4.02. The van der Waals surface area contributed by atoms with Crippen LogP contribution in [-0.4, -0.2) is 25.1 Å². The van der Waals surface area contributed by atoms with E-state index in [2.05, 4.69) is 10.3 Å². The number of aromatic nitrogens is 1. The second-order valence-corrected chi connectivity index (χ2v) is 6.72. The highest BCUT2D eigenvalue weighted by atomic mass is 19.1. The first-order valence-electron chi connectivity index (χ1n) is 9.38. The number of hydrogen-bond acceptors (Lipinski definition) is 4. The van der Waals surface area contributed by atoms with E-state index in [1.807, 2.05) is 6.07 Å². The third-order valence-corrected chi connectivity index (χ3v) is 4.82. The molecule has 0 fully saturated rings. The molecule has 4 aromatic rings. The fourth-order valence-electron chi connectivity index (χ4n) is 3.29. The molecule has 0 aliphatic rings. The van der Waals surface area contributed by atoms with Crippen LogP contribution in [0.5, 0.6) is 11.5 Å². The van der Waals surface area contributed by atoms with Crippen molar-refractivity contribution in [2.24, 2.45) is 0 Å². The number of carbonyl (C=O) groups is 1. The van der Waals surface area contributed by atoms with Gasteiger partial charge in [0.05, 0.1) is 36.7 Å². The molecule has 0 aliphatic heterocycles. The van der Waals surface area contributed by atoms with Crippen LogP contribution in [0.25, 0.3) is 22.2 Å². The minimum absolute atomic E-state index is 0.237. The average Bonchev–Trinajstić information content (AvgIpc) is 2.80. The van der Waals surface area contributed by atoms with Gasteiger partial charge in [0.25, 0.3) is 5.91 Å². The maximum Gasteiger partial charge on any atom is 0.256 e. The van der Waals surface area contributed by atoms with Gasteiger partial charge in [0.1, 0.15) is 11.6 Å². The molecule has 0 saturated carbocycles. The number of methoxy groups -OCH3 is 2. The first-order chi connectivity index (χ1) is 15.0. The first kappa shape index (κ1) is 20.3. The molecule has 0 spiro atoms. The van der Waals surface area contributed by atoms with Gasteiger partial charge in [-0.3, -0.25) is 4.79 Å². The molecule has 0 radical (unpaired) electrons. The molecule has 0 atom stereocenters. The molecule has 1 amide bonds. The molecule has 4 rings (SSSR count). The minimum Gasteiger partial charge on any atom is -0.493 e. The van der Waals surface area contributed by atoms with Gasteiger partial charge in [-0.25, -0.2) is 13.8 Å². The number of rotatable bonds is 5. The summed E-state index contributed by atoms with van der Waals surface area (Å²) in [7, 11) is 3.07. The van der Waals surface area contributed by atoms with E-state index < -0.39 is 17.5 Å². The summed E-state index contributed by atoms with van der Waals surface area (Å²) >= 11 is 0. The highest BCUT2D eigenvalue weighted by Crippen LogP contribution is 2.33. The summed E-state index contributed by atoms with van der Waals surface area (Å²) in [4.78, 5) is 17.7. The molecule has 0 bridgehead atoms. The molecule has 3 aromatic carbocycles. The topological polar surface area (TPSA) is 60.5 Å². The molecular formula is C24H18F2N2O3. The van der Waals surface area contributed by atoms with Crippen LogP contribution in [-0.2, 0) is 0 Å². The van der Waals surface area contributed by atoms with Crippen molar-refractivity contribution in [1.82, 2.24) is 4.98 Å². The van der Waals surface area contributed by atoms with E-state index in [-0.39, 0.29) is 11.3 Å². The van der Waals surface area contributed by atoms with Gasteiger partial charge in [-0.05, 0) is 42.5 Å². The third-order valence-electron chi connectivity index (χ3n) is 4.82. The Kier molecular flexibility index (Phi) is 5.49. The van der Waals surface area contributed by atoms with Gasteiger partial charge in [-0.2, -0.15) is 0 Å². The van der Waals surface area contributed by atoms with E-state index in [4.69, 9.17) is 9.47 Å². The molecule has 1 aromatic heterocycles. The second-order valence-electron chi connectivity index (χ2n) is 6.72. The molecule has 31 heavy (non-hydrogen) atoms. The van der Waals surface area contributed by atoms with Crippen LogP contribution in [0.1, 0.15) is 10.4 Å². The lowest BCUT2D eigenvalue weighted by molar-refractivity contribution is 0.102. The smallest absolute Gasteiger partial charge is 0.256 e. The zero-order chi connectivity index (χ0) is 22.0. The summed E-state index contributed by atoms with van der Waals surface area (Å²) in [5, 5.41) is 3.04. The number of nitrogens with zero attached hydrogens (tertiary/aromatic N) is 1. The maximum atomic E-state index is 14.0. The van der Waals surface area contributed by atoms with E-state index in [1.165, 1.54) is 7.11 Å². The van der Waals surface area contributed by atoms with Gasteiger partial charge in [-0.1, -0.05) is 18.2 Å². The number of hydrogen-bond donors (Lipinski definition) is 1. The normalized spacial score (nSPS) is 10.7. The van der Waals surface area contributed by atoms with Crippen molar-refractivity contribution in [3.8, 4) is 22.8 Å². The van der Waals surface area contributed by atoms with E-state index in [9.17, 15) is 13.6 Å². The van der Waals surface area contributed by atoms with Crippen LogP contribution in [0.4, 0.5) is 14.5 Å². The number of benzene rings is 3. The summed E-state index contributed by atoms with van der Waals surface area (Å²) in [5.41, 5.74) is 1.84. The van der Waals surface area contributed by atoms with Crippen LogP contribution in [0.2, 0.25) is 0 Å². The fraction of sp³-hybridized carbons (Fsp3) is 0.0833. The van der Waals surface area contributed by atoms with Crippen molar-refractivity contribution >= 4 is 22.5 Å². The Morgan fingerprint density at radius 3 is 2.45 bits per heavy atom. The molecular weight excluding hydrogens is 402 g/mol. The standard InChI is InChI=1S/C24H18F2N2O3/c1-30-22-10-7-14(11-23(22)31-2)20-13-17(16-5-3-4-6-19(16)27-20)24(29)28-21-12-15(25)8-9-18(21)26/h3-13H,1-2H3,(H,28,29). The van der Waals surface area contributed by atoms with Gasteiger partial charge in [0, 0.05) is 17.0 Å². The summed E-state index contributed by atoms with van der Waals surface area (Å²) in [6.45, 7) is 0. The number of carbonyl (C=O) groups excluding carboxylic acids is 1. The molecule has 5 nitrogen and oxygen atoms in total. The Hall–Kier alpha value is -4.00. The Balaban J connectivity index is 1.82. The zero-order valence-electron chi connectivity index (χ0n) is 16.8. The van der Waals surface area contributed by atoms with E-state index in [0.29, 0.717) is 33.7 Å². The lowest BCUT2D eigenvalue weighted by Gasteiger charge is -2.13. The molecule has 7 heteroatoms. The monoisotopic (exact) mass is 420 g/mol. The fourth-order valence-corrected chi connectivity index (χ4v) is 3.29. The quantitative estimate of drug-likeness (QED) is 0.466. The molecule has 1 heterocycles. The van der Waals surface area contributed by atoms with E-state index >= 15 is 0 Å². The number of para-hydroxylation sites is 1. The van der Waals surface area contributed by atoms with Crippen molar-refractivity contribution in [2.75, 3.05) is 19.5 Å². The number of amides is 1. The lowest BCUT2D eigenvalue weighted by Crippen LogP contribution is -2.14. The van der Waals surface area contributed by atoms with Crippen molar-refractivity contribution in [3.63, 3.8) is 0 Å². The van der Waals surface area contributed by atoms with Crippen LogP contribution in [0, 0.1) is 11.6 Å². The predicted molar refractivity (Wildman–Crippen MR) is 115 cm³/mol. The second kappa shape index (κ2) is 8.39. The zero-order valence-corrected chi connectivity index (χ0v) is 16.8. The van der Waals surface area contributed by atoms with Gasteiger partial charge >= 0.3 is 0 Å². The summed E-state index contributed by atoms with van der Waals surface area (Å²) in [5.74, 6) is -0.880. The van der Waals surface area contributed by atoms with Crippen LogP contribution < -0.4 is 14.8 Å². The van der Waals surface area contributed by atoms with Gasteiger partial charge in [0.15, 0.2) is 11.5 Å². The van der Waals surface area contributed by atoms with Crippen molar-refractivity contribution in [1.29, 1.82) is 0 Å². The van der Waals surface area contributed by atoms with E-state index in [1.54, 1.807) is 49.6 Å². The lowest BCUT2D eigenvalue weighted by atomic mass is 10.0. The van der Waals surface area contributed by atoms with Gasteiger partial charge in [0.2, 0.25) is 0 Å². The Morgan fingerprint density at radius 2 is 1.68 bits per heavy atom. The molecule has 0 unspecified atom stereocenters. The number of nitrogens with one attached hydrogen (secondary N) is 1. The Labute approximate surface area is 177 Å². The SMILES string of the molecule is COc1ccc(-c2cc(C(=O)Nc3cc(F)ccc3F)c3ccccc3n2)cc1OC.